The smallest absolute Gasteiger partial charge is 0.251 e. The molecule has 0 atom stereocenters. The lowest BCUT2D eigenvalue weighted by molar-refractivity contribution is -0.135. The number of hydrogen-bond acceptors (Lipinski definition) is 4. The first-order valence-electron chi connectivity index (χ1n) is 9.84. The summed E-state index contributed by atoms with van der Waals surface area (Å²) in [5.74, 6) is -0.971. The van der Waals surface area contributed by atoms with Gasteiger partial charge in [0.2, 0.25) is 11.8 Å². The number of hydrogen-bond donors (Lipinski definition) is 1. The van der Waals surface area contributed by atoms with E-state index in [2.05, 4.69) is 10.2 Å². The van der Waals surface area contributed by atoms with Crippen LogP contribution in [0.3, 0.4) is 0 Å². The molecule has 3 rings (SSSR count). The van der Waals surface area contributed by atoms with Gasteiger partial charge in [0.05, 0.1) is 13.1 Å². The largest absolute Gasteiger partial charge is 0.343 e. The fourth-order valence-electron chi connectivity index (χ4n) is 3.59. The molecule has 2 fully saturated rings. The lowest BCUT2D eigenvalue weighted by Gasteiger charge is -2.36. The highest BCUT2D eigenvalue weighted by Crippen LogP contribution is 2.10. The van der Waals surface area contributed by atoms with Gasteiger partial charge in [0.1, 0.15) is 5.82 Å². The van der Waals surface area contributed by atoms with Crippen molar-refractivity contribution in [3.63, 3.8) is 0 Å². The van der Waals surface area contributed by atoms with E-state index >= 15 is 0 Å². The third-order valence-electron chi connectivity index (χ3n) is 5.28. The first-order chi connectivity index (χ1) is 13.5. The Kier molecular flexibility index (Phi) is 6.97. The average molecular weight is 390 g/mol. The number of piperazine rings is 1. The summed E-state index contributed by atoms with van der Waals surface area (Å²) in [5, 5.41) is 2.54. The molecule has 8 heteroatoms. The van der Waals surface area contributed by atoms with Crippen LogP contribution in [0.15, 0.2) is 24.3 Å². The molecule has 1 aromatic rings. The molecule has 0 spiro atoms. The van der Waals surface area contributed by atoms with Gasteiger partial charge in [-0.25, -0.2) is 4.39 Å². The zero-order valence-corrected chi connectivity index (χ0v) is 16.0. The molecular formula is C20H27FN4O3. The monoisotopic (exact) mass is 390 g/mol. The lowest BCUT2D eigenvalue weighted by atomic mass is 10.1. The molecular weight excluding hydrogens is 363 g/mol. The van der Waals surface area contributed by atoms with E-state index in [-0.39, 0.29) is 23.9 Å². The molecule has 3 amide bonds. The van der Waals surface area contributed by atoms with Crippen molar-refractivity contribution in [2.24, 2.45) is 0 Å². The Morgan fingerprint density at radius 1 is 0.893 bits per heavy atom. The van der Waals surface area contributed by atoms with E-state index in [4.69, 9.17) is 0 Å². The summed E-state index contributed by atoms with van der Waals surface area (Å²) in [4.78, 5) is 42.4. The Morgan fingerprint density at radius 2 is 1.57 bits per heavy atom. The van der Waals surface area contributed by atoms with E-state index in [9.17, 15) is 18.8 Å². The number of nitrogens with one attached hydrogen (secondary N) is 1. The molecule has 2 aliphatic heterocycles. The topological polar surface area (TPSA) is 73.0 Å². The molecule has 0 aromatic heterocycles. The molecule has 2 saturated heterocycles. The van der Waals surface area contributed by atoms with Gasteiger partial charge >= 0.3 is 0 Å². The van der Waals surface area contributed by atoms with Crippen LogP contribution in [0.1, 0.15) is 29.6 Å². The summed E-state index contributed by atoms with van der Waals surface area (Å²) in [5.41, 5.74) is 0.189. The van der Waals surface area contributed by atoms with Crippen molar-refractivity contribution in [1.29, 1.82) is 0 Å². The molecule has 0 aliphatic carbocycles. The van der Waals surface area contributed by atoms with Crippen molar-refractivity contribution in [2.75, 3.05) is 52.4 Å². The fourth-order valence-corrected chi connectivity index (χ4v) is 3.59. The molecule has 152 valence electrons. The number of amides is 3. The van der Waals surface area contributed by atoms with Crippen LogP contribution in [0.2, 0.25) is 0 Å². The van der Waals surface area contributed by atoms with Gasteiger partial charge in [-0.05, 0) is 37.5 Å². The maximum absolute atomic E-state index is 13.2. The van der Waals surface area contributed by atoms with E-state index in [1.165, 1.54) is 24.6 Å². The van der Waals surface area contributed by atoms with Gasteiger partial charge in [0, 0.05) is 44.8 Å². The summed E-state index contributed by atoms with van der Waals surface area (Å²) in [6.45, 7) is 4.32. The summed E-state index contributed by atoms with van der Waals surface area (Å²) in [7, 11) is 0. The molecule has 1 N–H and O–H groups in total. The van der Waals surface area contributed by atoms with Gasteiger partial charge in [-0.15, -0.1) is 0 Å². The predicted octanol–water partition coefficient (Wildman–Crippen LogP) is 0.712. The minimum atomic E-state index is -0.491. The number of rotatable bonds is 5. The maximum atomic E-state index is 13.2. The lowest BCUT2D eigenvalue weighted by Crippen LogP contribution is -2.53. The number of carbonyl (C=O) groups is 3. The highest BCUT2D eigenvalue weighted by molar-refractivity contribution is 5.96. The molecule has 0 bridgehead atoms. The zero-order valence-electron chi connectivity index (χ0n) is 16.0. The number of piperidine rings is 1. The normalized spacial score (nSPS) is 18.0. The standard InChI is InChI=1S/C20H27FN4O3/c21-17-6-4-5-16(13-17)20(28)22-14-18(26)25-11-9-23(10-12-25)15-19(27)24-7-2-1-3-8-24/h4-6,13H,1-3,7-12,14-15H2,(H,22,28). The van der Waals surface area contributed by atoms with E-state index in [0.717, 1.165) is 32.0 Å². The molecule has 28 heavy (non-hydrogen) atoms. The fraction of sp³-hybridized carbons (Fsp3) is 0.550. The molecule has 2 heterocycles. The molecule has 1 aromatic carbocycles. The van der Waals surface area contributed by atoms with Crippen molar-refractivity contribution in [3.05, 3.63) is 35.6 Å². The van der Waals surface area contributed by atoms with Gasteiger partial charge in [-0.1, -0.05) is 6.07 Å². The number of likely N-dealkylation sites (tertiary alicyclic amines) is 1. The van der Waals surface area contributed by atoms with Crippen LogP contribution in [0.5, 0.6) is 0 Å². The van der Waals surface area contributed by atoms with Crippen LogP contribution < -0.4 is 5.32 Å². The van der Waals surface area contributed by atoms with E-state index < -0.39 is 11.7 Å². The van der Waals surface area contributed by atoms with Gasteiger partial charge < -0.3 is 15.1 Å². The molecule has 2 aliphatic rings. The second-order valence-electron chi connectivity index (χ2n) is 7.29. The summed E-state index contributed by atoms with van der Waals surface area (Å²) >= 11 is 0. The number of halogens is 1. The molecule has 0 unspecified atom stereocenters. The van der Waals surface area contributed by atoms with E-state index in [0.29, 0.717) is 32.7 Å². The minimum absolute atomic E-state index is 0.123. The van der Waals surface area contributed by atoms with Crippen molar-refractivity contribution >= 4 is 17.7 Å². The maximum Gasteiger partial charge on any atom is 0.251 e. The second kappa shape index (κ2) is 9.64. The highest BCUT2D eigenvalue weighted by Gasteiger charge is 2.25. The van der Waals surface area contributed by atoms with Crippen LogP contribution >= 0.6 is 0 Å². The van der Waals surface area contributed by atoms with Crippen molar-refractivity contribution < 1.29 is 18.8 Å². The van der Waals surface area contributed by atoms with Crippen LogP contribution in [-0.4, -0.2) is 84.8 Å². The Balaban J connectivity index is 1.38. The Hall–Kier alpha value is -2.48. The molecule has 0 radical (unpaired) electrons. The van der Waals surface area contributed by atoms with Gasteiger partial charge in [0.25, 0.3) is 5.91 Å². The quantitative estimate of drug-likeness (QED) is 0.804. The zero-order chi connectivity index (χ0) is 19.9. The van der Waals surface area contributed by atoms with Crippen molar-refractivity contribution in [1.82, 2.24) is 20.0 Å². The van der Waals surface area contributed by atoms with E-state index in [1.807, 2.05) is 4.90 Å². The van der Waals surface area contributed by atoms with Crippen LogP contribution in [-0.2, 0) is 9.59 Å². The second-order valence-corrected chi connectivity index (χ2v) is 7.29. The van der Waals surface area contributed by atoms with Gasteiger partial charge in [-0.3, -0.25) is 19.3 Å². The summed E-state index contributed by atoms with van der Waals surface area (Å²) in [6.07, 6.45) is 3.35. The molecule has 7 nitrogen and oxygen atoms in total. The number of nitrogens with zero attached hydrogens (tertiary/aromatic N) is 3. The van der Waals surface area contributed by atoms with Crippen LogP contribution in [0.4, 0.5) is 4.39 Å². The van der Waals surface area contributed by atoms with E-state index in [1.54, 1.807) is 4.90 Å². The predicted molar refractivity (Wildman–Crippen MR) is 102 cm³/mol. The van der Waals surface area contributed by atoms with Gasteiger partial charge in [-0.2, -0.15) is 0 Å². The Labute approximate surface area is 164 Å². The van der Waals surface area contributed by atoms with Crippen molar-refractivity contribution in [3.8, 4) is 0 Å². The third-order valence-corrected chi connectivity index (χ3v) is 5.28. The van der Waals surface area contributed by atoms with Crippen molar-refractivity contribution in [2.45, 2.75) is 19.3 Å². The van der Waals surface area contributed by atoms with Crippen LogP contribution in [0, 0.1) is 5.82 Å². The summed E-state index contributed by atoms with van der Waals surface area (Å²) < 4.78 is 13.2. The van der Waals surface area contributed by atoms with Gasteiger partial charge in [0.15, 0.2) is 0 Å². The first-order valence-corrected chi connectivity index (χ1v) is 9.84. The first kappa shape index (κ1) is 20.3. The average Bonchev–Trinajstić information content (AvgIpc) is 2.73. The highest BCUT2D eigenvalue weighted by atomic mass is 19.1. The minimum Gasteiger partial charge on any atom is -0.343 e. The number of benzene rings is 1. The third kappa shape index (κ3) is 5.51. The SMILES string of the molecule is O=C(NCC(=O)N1CCN(CC(=O)N2CCCCC2)CC1)c1cccc(F)c1. The Bertz CT molecular complexity index is 713. The number of carbonyl (C=O) groups excluding carboxylic acids is 3. The molecule has 0 saturated carbocycles. The summed E-state index contributed by atoms with van der Waals surface area (Å²) in [6, 6.07) is 5.35. The Morgan fingerprint density at radius 3 is 2.25 bits per heavy atom. The van der Waals surface area contributed by atoms with Crippen LogP contribution in [0.25, 0.3) is 0 Å².